The molecule has 3 rings (SSSR count). The zero-order valence-corrected chi connectivity index (χ0v) is 13.3. The quantitative estimate of drug-likeness (QED) is 0.652. The first-order valence-corrected chi connectivity index (χ1v) is 10.8. The topological polar surface area (TPSA) is 28.9 Å². The van der Waals surface area contributed by atoms with Gasteiger partial charge < -0.3 is 9.40 Å². The van der Waals surface area contributed by atoms with Crippen molar-refractivity contribution in [3.05, 3.63) is 60.2 Å². The molecule has 3 heteroatoms. The summed E-state index contributed by atoms with van der Waals surface area (Å²) in [5.74, 6) is 1.44. The number of hydrogen-bond donors (Lipinski definition) is 1. The van der Waals surface area contributed by atoms with E-state index in [1.54, 1.807) is 6.26 Å². The standard InChI is InChI=1S/C17H21NOSi/c1-20(2,3)12-15(17-9-6-10-19-17)14-11-18-16-8-5-4-7-13(14)16/h4-11,15,18H,12H2,1-3H3. The fraction of sp³-hybridized carbons (Fsp3) is 0.294. The van der Waals surface area contributed by atoms with E-state index in [1.165, 1.54) is 22.5 Å². The summed E-state index contributed by atoms with van der Waals surface area (Å²) in [4.78, 5) is 3.39. The van der Waals surface area contributed by atoms with Crippen LogP contribution in [0.25, 0.3) is 10.9 Å². The molecule has 0 spiro atoms. The zero-order chi connectivity index (χ0) is 14.2. The number of rotatable bonds is 4. The molecule has 0 aliphatic heterocycles. The molecular weight excluding hydrogens is 262 g/mol. The van der Waals surface area contributed by atoms with Crippen LogP contribution >= 0.6 is 0 Å². The van der Waals surface area contributed by atoms with Gasteiger partial charge in [0.1, 0.15) is 5.76 Å². The molecule has 2 aromatic heterocycles. The predicted molar refractivity (Wildman–Crippen MR) is 87.0 cm³/mol. The minimum Gasteiger partial charge on any atom is -0.469 e. The molecule has 1 aromatic carbocycles. The Balaban J connectivity index is 2.09. The van der Waals surface area contributed by atoms with Crippen molar-refractivity contribution < 1.29 is 4.42 Å². The molecule has 0 fully saturated rings. The Morgan fingerprint density at radius 2 is 1.90 bits per heavy atom. The Bertz CT molecular complexity index is 691. The largest absolute Gasteiger partial charge is 0.469 e. The lowest BCUT2D eigenvalue weighted by atomic mass is 9.98. The van der Waals surface area contributed by atoms with Gasteiger partial charge in [-0.05, 0) is 29.8 Å². The van der Waals surface area contributed by atoms with Crippen molar-refractivity contribution in [1.29, 1.82) is 0 Å². The van der Waals surface area contributed by atoms with Crippen LogP contribution in [0.1, 0.15) is 17.2 Å². The fourth-order valence-electron chi connectivity index (χ4n) is 2.85. The van der Waals surface area contributed by atoms with Gasteiger partial charge in [0.05, 0.1) is 6.26 Å². The zero-order valence-electron chi connectivity index (χ0n) is 12.3. The molecule has 1 unspecified atom stereocenters. The highest BCUT2D eigenvalue weighted by atomic mass is 28.3. The lowest BCUT2D eigenvalue weighted by molar-refractivity contribution is 0.495. The minimum atomic E-state index is -1.19. The maximum absolute atomic E-state index is 5.72. The van der Waals surface area contributed by atoms with Crippen molar-refractivity contribution in [2.45, 2.75) is 31.6 Å². The molecule has 0 aliphatic rings. The van der Waals surface area contributed by atoms with Gasteiger partial charge in [-0.2, -0.15) is 0 Å². The van der Waals surface area contributed by atoms with Crippen molar-refractivity contribution >= 4 is 19.0 Å². The van der Waals surface area contributed by atoms with E-state index < -0.39 is 8.07 Å². The Hall–Kier alpha value is -1.74. The van der Waals surface area contributed by atoms with E-state index in [1.807, 2.05) is 6.07 Å². The highest BCUT2D eigenvalue weighted by Gasteiger charge is 2.26. The maximum atomic E-state index is 5.72. The van der Waals surface area contributed by atoms with Crippen LogP contribution in [0.5, 0.6) is 0 Å². The van der Waals surface area contributed by atoms with Gasteiger partial charge in [0, 0.05) is 31.1 Å². The summed E-state index contributed by atoms with van der Waals surface area (Å²) < 4.78 is 5.72. The number of furan rings is 1. The molecule has 2 heterocycles. The third-order valence-corrected chi connectivity index (χ3v) is 5.33. The number of aromatic amines is 1. The molecule has 0 saturated heterocycles. The maximum Gasteiger partial charge on any atom is 0.111 e. The Labute approximate surface area is 120 Å². The van der Waals surface area contributed by atoms with E-state index in [-0.39, 0.29) is 0 Å². The molecule has 104 valence electrons. The highest BCUT2D eigenvalue weighted by molar-refractivity contribution is 6.76. The molecular formula is C17H21NOSi. The second kappa shape index (κ2) is 4.98. The van der Waals surface area contributed by atoms with Crippen LogP contribution in [0, 0.1) is 0 Å². The van der Waals surface area contributed by atoms with Gasteiger partial charge in [-0.1, -0.05) is 37.8 Å². The third-order valence-electron chi connectivity index (χ3n) is 3.70. The van der Waals surface area contributed by atoms with Gasteiger partial charge in [-0.25, -0.2) is 0 Å². The molecule has 20 heavy (non-hydrogen) atoms. The van der Waals surface area contributed by atoms with Crippen molar-refractivity contribution in [3.63, 3.8) is 0 Å². The van der Waals surface area contributed by atoms with Crippen LogP contribution in [0.15, 0.2) is 53.3 Å². The number of para-hydroxylation sites is 1. The van der Waals surface area contributed by atoms with Gasteiger partial charge in [0.15, 0.2) is 0 Å². The highest BCUT2D eigenvalue weighted by Crippen LogP contribution is 2.37. The number of hydrogen-bond acceptors (Lipinski definition) is 1. The molecule has 3 aromatic rings. The van der Waals surface area contributed by atoms with Gasteiger partial charge >= 0.3 is 0 Å². The number of fused-ring (bicyclic) bond motifs is 1. The number of benzene rings is 1. The molecule has 0 saturated carbocycles. The number of nitrogens with one attached hydrogen (secondary N) is 1. The number of aromatic nitrogens is 1. The molecule has 1 N–H and O–H groups in total. The summed E-state index contributed by atoms with van der Waals surface area (Å²) in [5, 5.41) is 1.31. The predicted octanol–water partition coefficient (Wildman–Crippen LogP) is 5.23. The molecule has 1 atom stereocenters. The SMILES string of the molecule is C[Si](C)(C)CC(c1ccco1)c1c[nH]c2ccccc12. The average molecular weight is 283 g/mol. The molecule has 0 amide bonds. The van der Waals surface area contributed by atoms with Crippen molar-refractivity contribution in [1.82, 2.24) is 4.98 Å². The summed E-state index contributed by atoms with van der Waals surface area (Å²) in [6.45, 7) is 7.24. The smallest absolute Gasteiger partial charge is 0.111 e. The third kappa shape index (κ3) is 2.59. The summed E-state index contributed by atoms with van der Waals surface area (Å²) in [5.41, 5.74) is 2.56. The van der Waals surface area contributed by atoms with E-state index in [9.17, 15) is 0 Å². The van der Waals surface area contributed by atoms with Gasteiger partial charge in [-0.15, -0.1) is 0 Å². The van der Waals surface area contributed by atoms with Gasteiger partial charge in [0.2, 0.25) is 0 Å². The molecule has 2 nitrogen and oxygen atoms in total. The summed E-state index contributed by atoms with van der Waals surface area (Å²) in [6, 6.07) is 13.8. The van der Waals surface area contributed by atoms with Crippen LogP contribution in [0.4, 0.5) is 0 Å². The van der Waals surface area contributed by atoms with E-state index in [0.717, 1.165) is 5.76 Å². The van der Waals surface area contributed by atoms with Crippen LogP contribution in [-0.4, -0.2) is 13.1 Å². The van der Waals surface area contributed by atoms with Gasteiger partial charge in [-0.3, -0.25) is 0 Å². The van der Waals surface area contributed by atoms with E-state index in [4.69, 9.17) is 4.42 Å². The molecule has 0 aliphatic carbocycles. The van der Waals surface area contributed by atoms with Crippen molar-refractivity contribution in [2.75, 3.05) is 0 Å². The van der Waals surface area contributed by atoms with E-state index in [2.05, 4.69) is 61.2 Å². The average Bonchev–Trinajstić information content (AvgIpc) is 3.05. The molecule has 0 bridgehead atoms. The first-order valence-electron chi connectivity index (χ1n) is 7.14. The van der Waals surface area contributed by atoms with Crippen LogP contribution in [0.2, 0.25) is 25.7 Å². The van der Waals surface area contributed by atoms with Crippen molar-refractivity contribution in [2.24, 2.45) is 0 Å². The van der Waals surface area contributed by atoms with Crippen LogP contribution in [-0.2, 0) is 0 Å². The lowest BCUT2D eigenvalue weighted by Gasteiger charge is -2.23. The lowest BCUT2D eigenvalue weighted by Crippen LogP contribution is -2.23. The van der Waals surface area contributed by atoms with E-state index >= 15 is 0 Å². The van der Waals surface area contributed by atoms with Crippen LogP contribution < -0.4 is 0 Å². The Morgan fingerprint density at radius 3 is 2.60 bits per heavy atom. The fourth-order valence-corrected chi connectivity index (χ4v) is 4.49. The minimum absolute atomic E-state index is 0.354. The van der Waals surface area contributed by atoms with E-state index in [0.29, 0.717) is 5.92 Å². The molecule has 0 radical (unpaired) electrons. The second-order valence-corrected chi connectivity index (χ2v) is 12.2. The summed E-state index contributed by atoms with van der Waals surface area (Å²) in [7, 11) is -1.19. The monoisotopic (exact) mass is 283 g/mol. The summed E-state index contributed by atoms with van der Waals surface area (Å²) >= 11 is 0. The van der Waals surface area contributed by atoms with Gasteiger partial charge in [0.25, 0.3) is 0 Å². The first-order chi connectivity index (χ1) is 9.54. The Morgan fingerprint density at radius 1 is 1.10 bits per heavy atom. The normalized spacial score (nSPS) is 13.8. The first kappa shape index (κ1) is 13.2. The Kier molecular flexibility index (Phi) is 3.30. The van der Waals surface area contributed by atoms with Crippen LogP contribution in [0.3, 0.4) is 0 Å². The number of H-pyrrole nitrogens is 1. The second-order valence-electron chi connectivity index (χ2n) is 6.62. The summed E-state index contributed by atoms with van der Waals surface area (Å²) in [6.07, 6.45) is 3.93. The van der Waals surface area contributed by atoms with Crippen molar-refractivity contribution in [3.8, 4) is 0 Å².